The highest BCUT2D eigenvalue weighted by Crippen LogP contribution is 2.22. The van der Waals surface area contributed by atoms with Crippen LogP contribution in [-0.4, -0.2) is 67.9 Å². The molecule has 2 saturated heterocycles. The van der Waals surface area contributed by atoms with Crippen molar-refractivity contribution in [3.63, 3.8) is 0 Å². The third-order valence-corrected chi connectivity index (χ3v) is 5.74. The number of morpholine rings is 1. The van der Waals surface area contributed by atoms with Crippen molar-refractivity contribution in [1.82, 2.24) is 15.2 Å². The van der Waals surface area contributed by atoms with E-state index < -0.39 is 0 Å². The molecule has 160 valence electrons. The highest BCUT2D eigenvalue weighted by molar-refractivity contribution is 5.94. The number of hydrogen-bond acceptors (Lipinski definition) is 6. The first-order chi connectivity index (χ1) is 14.8. The number of rotatable bonds is 8. The topological polar surface area (TPSA) is 72.9 Å². The number of carbonyl (C=O) groups is 1. The van der Waals surface area contributed by atoms with Gasteiger partial charge >= 0.3 is 0 Å². The number of nitrogens with zero attached hydrogens (tertiary/aromatic N) is 2. The molecule has 2 aliphatic rings. The van der Waals surface area contributed by atoms with Crippen molar-refractivity contribution in [1.29, 1.82) is 0 Å². The maximum Gasteiger partial charge on any atom is 0.251 e. The Morgan fingerprint density at radius 1 is 1.17 bits per heavy atom. The van der Waals surface area contributed by atoms with Crippen LogP contribution < -0.4 is 10.1 Å². The van der Waals surface area contributed by atoms with Crippen LogP contribution in [0.5, 0.6) is 5.75 Å². The summed E-state index contributed by atoms with van der Waals surface area (Å²) in [5, 5.41) is 3.12. The summed E-state index contributed by atoms with van der Waals surface area (Å²) >= 11 is 0. The SMILES string of the molecule is O=C(NC[C@H]([C@H]1CCOC1)N1CCOCC1)c1ccc(OCc2cccnc2)cc1. The number of carbonyl (C=O) groups excluding carboxylic acids is 1. The average Bonchev–Trinajstić information content (AvgIpc) is 3.34. The largest absolute Gasteiger partial charge is 0.489 e. The predicted molar refractivity (Wildman–Crippen MR) is 112 cm³/mol. The quantitative estimate of drug-likeness (QED) is 0.718. The zero-order valence-electron chi connectivity index (χ0n) is 17.2. The van der Waals surface area contributed by atoms with Crippen LogP contribution >= 0.6 is 0 Å². The molecule has 0 aliphatic carbocycles. The van der Waals surface area contributed by atoms with Crippen LogP contribution in [0.25, 0.3) is 0 Å². The van der Waals surface area contributed by atoms with Crippen molar-refractivity contribution in [3.05, 3.63) is 59.9 Å². The van der Waals surface area contributed by atoms with Crippen molar-refractivity contribution >= 4 is 5.91 Å². The Morgan fingerprint density at radius 3 is 2.70 bits per heavy atom. The van der Waals surface area contributed by atoms with Gasteiger partial charge in [-0.25, -0.2) is 0 Å². The smallest absolute Gasteiger partial charge is 0.251 e. The van der Waals surface area contributed by atoms with Crippen molar-refractivity contribution < 1.29 is 19.0 Å². The molecule has 0 spiro atoms. The normalized spacial score (nSPS) is 20.6. The molecule has 30 heavy (non-hydrogen) atoms. The summed E-state index contributed by atoms with van der Waals surface area (Å²) in [5.74, 6) is 1.11. The van der Waals surface area contributed by atoms with E-state index in [1.165, 1.54) is 0 Å². The molecule has 1 N–H and O–H groups in total. The van der Waals surface area contributed by atoms with E-state index in [2.05, 4.69) is 15.2 Å². The van der Waals surface area contributed by atoms with E-state index in [1.54, 1.807) is 24.5 Å². The van der Waals surface area contributed by atoms with E-state index in [1.807, 2.05) is 24.3 Å². The molecule has 1 amide bonds. The number of benzene rings is 1. The third-order valence-electron chi connectivity index (χ3n) is 5.74. The molecule has 0 radical (unpaired) electrons. The highest BCUT2D eigenvalue weighted by atomic mass is 16.5. The zero-order valence-corrected chi connectivity index (χ0v) is 17.2. The predicted octanol–water partition coefficient (Wildman–Crippen LogP) is 2.13. The van der Waals surface area contributed by atoms with Gasteiger partial charge in [0.2, 0.25) is 0 Å². The minimum absolute atomic E-state index is 0.0639. The molecule has 7 nitrogen and oxygen atoms in total. The Labute approximate surface area is 177 Å². The molecule has 0 unspecified atom stereocenters. The van der Waals surface area contributed by atoms with Gasteiger partial charge in [-0.1, -0.05) is 6.07 Å². The van der Waals surface area contributed by atoms with Gasteiger partial charge in [0.25, 0.3) is 5.91 Å². The van der Waals surface area contributed by atoms with Gasteiger partial charge in [0.1, 0.15) is 12.4 Å². The van der Waals surface area contributed by atoms with Gasteiger partial charge in [0.15, 0.2) is 0 Å². The summed E-state index contributed by atoms with van der Waals surface area (Å²) in [6, 6.07) is 11.4. The van der Waals surface area contributed by atoms with Gasteiger partial charge in [0.05, 0.1) is 19.8 Å². The molecule has 7 heteroatoms. The van der Waals surface area contributed by atoms with Gasteiger partial charge in [0, 0.05) is 61.7 Å². The fourth-order valence-electron chi connectivity index (χ4n) is 4.01. The molecule has 2 aliphatic heterocycles. The Kier molecular flexibility index (Phi) is 7.29. The lowest BCUT2D eigenvalue weighted by Crippen LogP contribution is -2.52. The summed E-state index contributed by atoms with van der Waals surface area (Å²) in [4.78, 5) is 19.2. The molecular formula is C23H29N3O4. The Balaban J connectivity index is 1.30. The lowest BCUT2D eigenvalue weighted by molar-refractivity contribution is 0.00166. The van der Waals surface area contributed by atoms with Crippen molar-refractivity contribution in [2.45, 2.75) is 19.1 Å². The number of amides is 1. The third kappa shape index (κ3) is 5.56. The van der Waals surface area contributed by atoms with Crippen LogP contribution in [0.4, 0.5) is 0 Å². The molecule has 3 heterocycles. The number of aromatic nitrogens is 1. The summed E-state index contributed by atoms with van der Waals surface area (Å²) in [6.45, 7) is 5.94. The molecule has 2 aromatic rings. The molecule has 2 atom stereocenters. The van der Waals surface area contributed by atoms with Gasteiger partial charge in [-0.2, -0.15) is 0 Å². The van der Waals surface area contributed by atoms with E-state index >= 15 is 0 Å². The number of ether oxygens (including phenoxy) is 3. The standard InChI is InChI=1S/C23H29N3O4/c27-23(19-3-5-21(6-4-19)30-16-18-2-1-8-24-14-18)25-15-22(20-7-11-29-17-20)26-9-12-28-13-10-26/h1-6,8,14,20,22H,7,9-13,15-17H2,(H,25,27)/t20-,22+/m0/s1. The second-order valence-electron chi connectivity index (χ2n) is 7.72. The fraction of sp³-hybridized carbons (Fsp3) is 0.478. The average molecular weight is 412 g/mol. The molecule has 4 rings (SSSR count). The number of pyridine rings is 1. The van der Waals surface area contributed by atoms with Gasteiger partial charge in [-0.05, 0) is 36.8 Å². The summed E-state index contributed by atoms with van der Waals surface area (Å²) < 4.78 is 16.9. The Morgan fingerprint density at radius 2 is 2.00 bits per heavy atom. The first kappa shape index (κ1) is 20.8. The highest BCUT2D eigenvalue weighted by Gasteiger charge is 2.31. The second kappa shape index (κ2) is 10.5. The van der Waals surface area contributed by atoms with Gasteiger partial charge in [-0.3, -0.25) is 14.7 Å². The monoisotopic (exact) mass is 411 g/mol. The van der Waals surface area contributed by atoms with E-state index in [4.69, 9.17) is 14.2 Å². The summed E-state index contributed by atoms with van der Waals surface area (Å²) in [6.07, 6.45) is 4.56. The van der Waals surface area contributed by atoms with E-state index in [-0.39, 0.29) is 11.9 Å². The van der Waals surface area contributed by atoms with E-state index in [0.717, 1.165) is 57.3 Å². The van der Waals surface area contributed by atoms with E-state index in [0.29, 0.717) is 24.6 Å². The van der Waals surface area contributed by atoms with Crippen LogP contribution in [-0.2, 0) is 16.1 Å². The number of nitrogens with one attached hydrogen (secondary N) is 1. The Bertz CT molecular complexity index is 788. The lowest BCUT2D eigenvalue weighted by Gasteiger charge is -2.37. The fourth-order valence-corrected chi connectivity index (χ4v) is 4.01. The molecule has 0 saturated carbocycles. The van der Waals surface area contributed by atoms with Crippen molar-refractivity contribution in [2.24, 2.45) is 5.92 Å². The number of hydrogen-bond donors (Lipinski definition) is 1. The van der Waals surface area contributed by atoms with Crippen LogP contribution in [0.3, 0.4) is 0 Å². The van der Waals surface area contributed by atoms with Crippen LogP contribution in [0, 0.1) is 5.92 Å². The first-order valence-electron chi connectivity index (χ1n) is 10.6. The second-order valence-corrected chi connectivity index (χ2v) is 7.72. The van der Waals surface area contributed by atoms with Crippen LogP contribution in [0.15, 0.2) is 48.8 Å². The Hall–Kier alpha value is -2.48. The van der Waals surface area contributed by atoms with Gasteiger partial charge in [-0.15, -0.1) is 0 Å². The van der Waals surface area contributed by atoms with Gasteiger partial charge < -0.3 is 19.5 Å². The molecule has 2 fully saturated rings. The lowest BCUT2D eigenvalue weighted by atomic mass is 9.96. The molecule has 1 aromatic carbocycles. The summed E-state index contributed by atoms with van der Waals surface area (Å²) in [5.41, 5.74) is 1.64. The molecular weight excluding hydrogens is 382 g/mol. The molecule has 0 bridgehead atoms. The zero-order chi connectivity index (χ0) is 20.6. The minimum atomic E-state index is -0.0639. The van der Waals surface area contributed by atoms with Crippen molar-refractivity contribution in [3.8, 4) is 5.75 Å². The maximum atomic E-state index is 12.7. The van der Waals surface area contributed by atoms with E-state index in [9.17, 15) is 4.79 Å². The summed E-state index contributed by atoms with van der Waals surface area (Å²) in [7, 11) is 0. The minimum Gasteiger partial charge on any atom is -0.489 e. The van der Waals surface area contributed by atoms with Crippen molar-refractivity contribution in [2.75, 3.05) is 46.1 Å². The first-order valence-corrected chi connectivity index (χ1v) is 10.6. The van der Waals surface area contributed by atoms with Crippen LogP contribution in [0.2, 0.25) is 0 Å². The van der Waals surface area contributed by atoms with Crippen LogP contribution in [0.1, 0.15) is 22.3 Å². The molecule has 1 aromatic heterocycles. The maximum absolute atomic E-state index is 12.7.